The van der Waals surface area contributed by atoms with Gasteiger partial charge in [0.15, 0.2) is 0 Å². The van der Waals surface area contributed by atoms with Crippen LogP contribution in [-0.4, -0.2) is 74.5 Å². The number of hydrogen-bond donors (Lipinski definition) is 2. The molecule has 5 rings (SSSR count). The number of carbonyl (C=O) groups is 1. The Bertz CT molecular complexity index is 1140. The Morgan fingerprint density at radius 1 is 1.24 bits per heavy atom. The highest BCUT2D eigenvalue weighted by atomic mass is 16.1. The number of aromatic nitrogens is 2. The van der Waals surface area contributed by atoms with Crippen molar-refractivity contribution in [1.29, 1.82) is 5.26 Å². The number of nitrogens with one attached hydrogen (secondary N) is 2. The third-order valence-electron chi connectivity index (χ3n) is 7.54. The van der Waals surface area contributed by atoms with Crippen LogP contribution in [0.15, 0.2) is 42.5 Å². The molecule has 0 spiro atoms. The number of piperazine rings is 1. The molecule has 2 N–H and O–H groups in total. The van der Waals surface area contributed by atoms with E-state index in [1.165, 1.54) is 5.56 Å². The summed E-state index contributed by atoms with van der Waals surface area (Å²) >= 11 is 0. The van der Waals surface area contributed by atoms with Crippen molar-refractivity contribution >= 4 is 16.9 Å². The Kier molecular flexibility index (Phi) is 6.21. The van der Waals surface area contributed by atoms with Crippen molar-refractivity contribution in [1.82, 2.24) is 35.5 Å². The average molecular weight is 461 g/mol. The molecule has 9 nitrogen and oxygen atoms in total. The first-order chi connectivity index (χ1) is 16.5. The van der Waals surface area contributed by atoms with Gasteiger partial charge in [-0.2, -0.15) is 5.26 Å². The zero-order chi connectivity index (χ0) is 23.8. The summed E-state index contributed by atoms with van der Waals surface area (Å²) in [5.41, 5.74) is 7.38. The van der Waals surface area contributed by atoms with Gasteiger partial charge in [-0.3, -0.25) is 29.6 Å². The van der Waals surface area contributed by atoms with Crippen molar-refractivity contribution in [2.75, 3.05) is 19.6 Å². The summed E-state index contributed by atoms with van der Waals surface area (Å²) in [6, 6.07) is 9.52. The molecule has 178 valence electrons. The van der Waals surface area contributed by atoms with Crippen LogP contribution in [0.4, 0.5) is 0 Å². The Morgan fingerprint density at radius 2 is 2.03 bits per heavy atom. The summed E-state index contributed by atoms with van der Waals surface area (Å²) in [6.45, 7) is 8.84. The number of nitriles is 1. The monoisotopic (exact) mass is 460 g/mol. The van der Waals surface area contributed by atoms with Crippen LogP contribution >= 0.6 is 0 Å². The molecule has 3 aliphatic heterocycles. The largest absolute Gasteiger partial charge is 0.327 e. The fourth-order valence-electron chi connectivity index (χ4n) is 5.75. The quantitative estimate of drug-likeness (QED) is 0.653. The minimum absolute atomic E-state index is 0.00552. The highest BCUT2D eigenvalue weighted by Gasteiger charge is 2.45. The van der Waals surface area contributed by atoms with Crippen molar-refractivity contribution in [2.24, 2.45) is 0 Å². The number of amides is 1. The second-order valence-corrected chi connectivity index (χ2v) is 9.58. The number of benzene rings is 1. The number of piperidine rings is 1. The van der Waals surface area contributed by atoms with E-state index in [9.17, 15) is 4.79 Å². The molecule has 2 aromatic rings. The molecule has 2 fully saturated rings. The van der Waals surface area contributed by atoms with E-state index in [-0.39, 0.29) is 36.6 Å². The van der Waals surface area contributed by atoms with Crippen LogP contribution in [0, 0.1) is 11.3 Å². The smallest absolute Gasteiger partial charge is 0.225 e. The van der Waals surface area contributed by atoms with Crippen molar-refractivity contribution in [3.05, 3.63) is 48.1 Å². The maximum Gasteiger partial charge on any atom is 0.225 e. The zero-order valence-electron chi connectivity index (χ0n) is 20.0. The molecule has 34 heavy (non-hydrogen) atoms. The lowest BCUT2D eigenvalue weighted by molar-refractivity contribution is -0.124. The van der Waals surface area contributed by atoms with Crippen LogP contribution in [0.3, 0.4) is 0 Å². The summed E-state index contributed by atoms with van der Waals surface area (Å²) in [5.74, 6) is 0.0430. The predicted molar refractivity (Wildman–Crippen MR) is 129 cm³/mol. The molecule has 4 heterocycles. The third kappa shape index (κ3) is 4.13. The van der Waals surface area contributed by atoms with E-state index in [2.05, 4.69) is 75.5 Å². The highest BCUT2D eigenvalue weighted by molar-refractivity contribution is 5.80. The summed E-state index contributed by atoms with van der Waals surface area (Å²) in [7, 11) is 0. The normalized spacial score (nSPS) is 28.8. The maximum absolute atomic E-state index is 12.5. The molecular formula is C25H32N8O. The van der Waals surface area contributed by atoms with Crippen molar-refractivity contribution in [3.63, 3.8) is 0 Å². The highest BCUT2D eigenvalue weighted by Crippen LogP contribution is 2.33. The third-order valence-corrected chi connectivity index (χ3v) is 7.54. The molecular weight excluding hydrogens is 428 g/mol. The molecule has 1 amide bonds. The second-order valence-electron chi connectivity index (χ2n) is 9.58. The first-order valence-electron chi connectivity index (χ1n) is 12.1. The van der Waals surface area contributed by atoms with Crippen LogP contribution in [-0.2, 0) is 4.79 Å². The van der Waals surface area contributed by atoms with E-state index in [0.717, 1.165) is 36.2 Å². The molecule has 2 saturated heterocycles. The van der Waals surface area contributed by atoms with Crippen LogP contribution in [0.25, 0.3) is 11.0 Å². The van der Waals surface area contributed by atoms with Gasteiger partial charge < -0.3 is 5.32 Å². The standard InChI is InChI=1S/C25H32N8O/c1-4-19-14-32(23-12-24(34)29-22-15-31(10-7-26)30-25(22)23)16(2)13-33(19)17(3)18-5-6-20-21(11-18)28-9-8-27-20/h5-6,8-9,11,15-17,19,23,25,30H,4,10,12-14H2,1-3H3,(H,29,34)/t16-,17-,19+,23?,25?/m0/s1. The number of nitrogens with zero attached hydrogens (tertiary/aromatic N) is 6. The lowest BCUT2D eigenvalue weighted by Gasteiger charge is -2.52. The van der Waals surface area contributed by atoms with Crippen LogP contribution in [0.2, 0.25) is 0 Å². The molecule has 1 aromatic heterocycles. The van der Waals surface area contributed by atoms with E-state index < -0.39 is 0 Å². The Balaban J connectivity index is 1.36. The van der Waals surface area contributed by atoms with Gasteiger partial charge in [-0.25, -0.2) is 5.43 Å². The number of fused-ring (bicyclic) bond motifs is 2. The van der Waals surface area contributed by atoms with Gasteiger partial charge in [0.25, 0.3) is 0 Å². The molecule has 0 saturated carbocycles. The number of hydrogen-bond acceptors (Lipinski definition) is 8. The molecule has 0 radical (unpaired) electrons. The number of rotatable bonds is 5. The maximum atomic E-state index is 12.5. The van der Waals surface area contributed by atoms with Gasteiger partial charge in [-0.05, 0) is 38.0 Å². The summed E-state index contributed by atoms with van der Waals surface area (Å²) < 4.78 is 0. The topological polar surface area (TPSA) is 100 Å². The number of hydrazine groups is 1. The zero-order valence-corrected chi connectivity index (χ0v) is 20.0. The van der Waals surface area contributed by atoms with E-state index in [4.69, 9.17) is 5.26 Å². The van der Waals surface area contributed by atoms with Gasteiger partial charge in [-0.1, -0.05) is 13.0 Å². The Hall–Kier alpha value is -3.06. The van der Waals surface area contributed by atoms with Crippen LogP contribution in [0.1, 0.15) is 45.2 Å². The molecule has 2 unspecified atom stereocenters. The van der Waals surface area contributed by atoms with Gasteiger partial charge in [0, 0.05) is 62.3 Å². The summed E-state index contributed by atoms with van der Waals surface area (Å²) in [4.78, 5) is 26.5. The van der Waals surface area contributed by atoms with E-state index in [1.807, 2.05) is 6.20 Å². The first kappa shape index (κ1) is 22.7. The van der Waals surface area contributed by atoms with Gasteiger partial charge >= 0.3 is 0 Å². The van der Waals surface area contributed by atoms with Crippen LogP contribution < -0.4 is 10.7 Å². The summed E-state index contributed by atoms with van der Waals surface area (Å²) in [5, 5.41) is 13.9. The minimum Gasteiger partial charge on any atom is -0.327 e. The molecule has 0 bridgehead atoms. The Morgan fingerprint density at radius 3 is 2.79 bits per heavy atom. The lowest BCUT2D eigenvalue weighted by Crippen LogP contribution is -2.66. The molecule has 0 aliphatic carbocycles. The predicted octanol–water partition coefficient (Wildman–Crippen LogP) is 1.92. The second kappa shape index (κ2) is 9.29. The van der Waals surface area contributed by atoms with Gasteiger partial charge in [-0.15, -0.1) is 0 Å². The van der Waals surface area contributed by atoms with Gasteiger partial charge in [0.05, 0.1) is 28.8 Å². The van der Waals surface area contributed by atoms with Crippen molar-refractivity contribution < 1.29 is 4.79 Å². The fourth-order valence-corrected chi connectivity index (χ4v) is 5.75. The van der Waals surface area contributed by atoms with Gasteiger partial charge in [0.2, 0.25) is 5.91 Å². The van der Waals surface area contributed by atoms with Crippen molar-refractivity contribution in [2.45, 2.75) is 63.8 Å². The molecule has 9 heteroatoms. The fraction of sp³-hybridized carbons (Fsp3) is 0.520. The SMILES string of the molecule is CC[C@@H]1CN(C2CC(=O)NC3=CN(CC#N)NC32)[C@@H](C)CN1[C@@H](C)c1ccc2nccnc2c1. The molecule has 5 atom stereocenters. The van der Waals surface area contributed by atoms with E-state index in [1.54, 1.807) is 17.4 Å². The van der Waals surface area contributed by atoms with E-state index in [0.29, 0.717) is 12.5 Å². The van der Waals surface area contributed by atoms with Crippen molar-refractivity contribution in [3.8, 4) is 6.07 Å². The average Bonchev–Trinajstić information content (AvgIpc) is 3.25. The molecule has 3 aliphatic rings. The first-order valence-corrected chi connectivity index (χ1v) is 12.1. The minimum atomic E-state index is -0.00552. The molecule has 1 aromatic carbocycles. The van der Waals surface area contributed by atoms with Crippen LogP contribution in [0.5, 0.6) is 0 Å². The number of carbonyl (C=O) groups excluding carboxylic acids is 1. The Labute approximate surface area is 200 Å². The van der Waals surface area contributed by atoms with E-state index >= 15 is 0 Å². The summed E-state index contributed by atoms with van der Waals surface area (Å²) in [6.07, 6.45) is 6.81. The van der Waals surface area contributed by atoms with Gasteiger partial charge in [0.1, 0.15) is 6.54 Å². The lowest BCUT2D eigenvalue weighted by atomic mass is 9.91.